The molecule has 0 aliphatic rings. The average molecular weight is 385 g/mol. The normalized spacial score (nSPS) is 10.7. The van der Waals surface area contributed by atoms with Crippen molar-refractivity contribution in [2.45, 2.75) is 27.0 Å². The summed E-state index contributed by atoms with van der Waals surface area (Å²) in [5.41, 5.74) is 3.07. The molecule has 0 N–H and O–H groups in total. The highest BCUT2D eigenvalue weighted by Gasteiger charge is 2.18. The standard InChI is InChI=1S/C21H21ClN2O3/c1-14-18(15(2)27-23-14)13-26-20-11-7-5-9-17(20)21(25)24(3)12-16-8-4-6-10-19(16)22/h4-11H,12-13H2,1-3H3. The lowest BCUT2D eigenvalue weighted by Gasteiger charge is -2.20. The molecule has 5 nitrogen and oxygen atoms in total. The Morgan fingerprint density at radius 2 is 1.85 bits per heavy atom. The average Bonchev–Trinajstić information content (AvgIpc) is 2.99. The SMILES string of the molecule is Cc1noc(C)c1COc1ccccc1C(=O)N(C)Cc1ccccc1Cl. The molecular weight excluding hydrogens is 364 g/mol. The Bertz CT molecular complexity index is 933. The number of hydrogen-bond acceptors (Lipinski definition) is 4. The Kier molecular flexibility index (Phi) is 5.81. The van der Waals surface area contributed by atoms with E-state index >= 15 is 0 Å². The van der Waals surface area contributed by atoms with Crippen LogP contribution in [-0.2, 0) is 13.2 Å². The van der Waals surface area contributed by atoms with Gasteiger partial charge in [-0.1, -0.05) is 47.1 Å². The van der Waals surface area contributed by atoms with Crippen LogP contribution in [0.2, 0.25) is 5.02 Å². The minimum Gasteiger partial charge on any atom is -0.488 e. The molecule has 0 saturated heterocycles. The van der Waals surface area contributed by atoms with Crippen molar-refractivity contribution in [2.75, 3.05) is 7.05 Å². The summed E-state index contributed by atoms with van der Waals surface area (Å²) < 4.78 is 11.1. The number of para-hydroxylation sites is 1. The number of ether oxygens (including phenoxy) is 1. The van der Waals surface area contributed by atoms with Gasteiger partial charge in [-0.2, -0.15) is 0 Å². The van der Waals surface area contributed by atoms with Crippen molar-refractivity contribution in [1.82, 2.24) is 10.1 Å². The summed E-state index contributed by atoms with van der Waals surface area (Å²) in [4.78, 5) is 14.6. The minimum atomic E-state index is -0.135. The smallest absolute Gasteiger partial charge is 0.257 e. The summed E-state index contributed by atoms with van der Waals surface area (Å²) in [5.74, 6) is 1.10. The van der Waals surface area contributed by atoms with Gasteiger partial charge in [0.25, 0.3) is 5.91 Å². The molecule has 0 fully saturated rings. The van der Waals surface area contributed by atoms with Crippen LogP contribution in [0.15, 0.2) is 53.1 Å². The van der Waals surface area contributed by atoms with Gasteiger partial charge in [0.15, 0.2) is 0 Å². The van der Waals surface area contributed by atoms with Gasteiger partial charge in [-0.05, 0) is 37.6 Å². The van der Waals surface area contributed by atoms with Crippen molar-refractivity contribution in [3.8, 4) is 5.75 Å². The van der Waals surface area contributed by atoms with Crippen molar-refractivity contribution >= 4 is 17.5 Å². The maximum atomic E-state index is 12.9. The van der Waals surface area contributed by atoms with Gasteiger partial charge in [0.05, 0.1) is 16.8 Å². The van der Waals surface area contributed by atoms with Crippen LogP contribution in [0, 0.1) is 13.8 Å². The Morgan fingerprint density at radius 3 is 2.56 bits per heavy atom. The van der Waals surface area contributed by atoms with Crippen molar-refractivity contribution in [1.29, 1.82) is 0 Å². The Balaban J connectivity index is 1.76. The molecule has 0 unspecified atom stereocenters. The third-order valence-corrected chi connectivity index (χ3v) is 4.75. The van der Waals surface area contributed by atoms with Crippen molar-refractivity contribution in [3.63, 3.8) is 0 Å². The zero-order valence-electron chi connectivity index (χ0n) is 15.5. The molecule has 0 saturated carbocycles. The van der Waals surface area contributed by atoms with E-state index in [4.69, 9.17) is 20.9 Å². The summed E-state index contributed by atoms with van der Waals surface area (Å²) in [6.45, 7) is 4.41. The largest absolute Gasteiger partial charge is 0.488 e. The zero-order chi connectivity index (χ0) is 19.4. The number of benzene rings is 2. The maximum Gasteiger partial charge on any atom is 0.257 e. The first-order chi connectivity index (χ1) is 13.0. The van der Waals surface area contributed by atoms with E-state index in [2.05, 4.69) is 5.16 Å². The van der Waals surface area contributed by atoms with E-state index in [-0.39, 0.29) is 5.91 Å². The highest BCUT2D eigenvalue weighted by Crippen LogP contribution is 2.24. The summed E-state index contributed by atoms with van der Waals surface area (Å²) in [6, 6.07) is 14.7. The van der Waals surface area contributed by atoms with Crippen LogP contribution < -0.4 is 4.74 Å². The van der Waals surface area contributed by atoms with Gasteiger partial charge >= 0.3 is 0 Å². The predicted molar refractivity (Wildman–Crippen MR) is 104 cm³/mol. The van der Waals surface area contributed by atoms with Crippen LogP contribution in [0.1, 0.15) is 32.9 Å². The van der Waals surface area contributed by atoms with Gasteiger partial charge in [-0.15, -0.1) is 0 Å². The molecule has 2 aromatic carbocycles. The van der Waals surface area contributed by atoms with E-state index in [0.717, 1.165) is 16.8 Å². The van der Waals surface area contributed by atoms with Crippen molar-refractivity contribution in [3.05, 3.63) is 81.7 Å². The van der Waals surface area contributed by atoms with Gasteiger partial charge in [-0.3, -0.25) is 4.79 Å². The molecule has 27 heavy (non-hydrogen) atoms. The summed E-state index contributed by atoms with van der Waals surface area (Å²) in [7, 11) is 1.75. The van der Waals surface area contributed by atoms with Crippen LogP contribution in [0.5, 0.6) is 5.75 Å². The summed E-state index contributed by atoms with van der Waals surface area (Å²) in [5, 5.41) is 4.57. The lowest BCUT2D eigenvalue weighted by Crippen LogP contribution is -2.26. The van der Waals surface area contributed by atoms with E-state index in [1.165, 1.54) is 0 Å². The van der Waals surface area contributed by atoms with Crippen LogP contribution in [0.4, 0.5) is 0 Å². The first-order valence-corrected chi connectivity index (χ1v) is 8.97. The number of carbonyl (C=O) groups excluding carboxylic acids is 1. The molecule has 6 heteroatoms. The molecule has 0 atom stereocenters. The molecule has 3 rings (SSSR count). The quantitative estimate of drug-likeness (QED) is 0.612. The van der Waals surface area contributed by atoms with Gasteiger partial charge < -0.3 is 14.2 Å². The number of amides is 1. The van der Waals surface area contributed by atoms with E-state index < -0.39 is 0 Å². The molecular formula is C21H21ClN2O3. The number of hydrogen-bond donors (Lipinski definition) is 0. The van der Waals surface area contributed by atoms with Gasteiger partial charge in [0.1, 0.15) is 18.1 Å². The Morgan fingerprint density at radius 1 is 1.15 bits per heavy atom. The second kappa shape index (κ2) is 8.27. The maximum absolute atomic E-state index is 12.9. The Labute approximate surface area is 163 Å². The molecule has 1 heterocycles. The van der Waals surface area contributed by atoms with Gasteiger partial charge in [-0.25, -0.2) is 0 Å². The topological polar surface area (TPSA) is 55.6 Å². The third kappa shape index (κ3) is 4.31. The first kappa shape index (κ1) is 19.0. The second-order valence-corrected chi connectivity index (χ2v) is 6.75. The van der Waals surface area contributed by atoms with E-state index in [1.807, 2.05) is 50.2 Å². The Hall–Kier alpha value is -2.79. The molecule has 1 aromatic heterocycles. The first-order valence-electron chi connectivity index (χ1n) is 8.60. The van der Waals surface area contributed by atoms with Crippen LogP contribution in [0.25, 0.3) is 0 Å². The lowest BCUT2D eigenvalue weighted by molar-refractivity contribution is 0.0780. The number of carbonyl (C=O) groups is 1. The minimum absolute atomic E-state index is 0.135. The molecule has 1 amide bonds. The molecule has 140 valence electrons. The lowest BCUT2D eigenvalue weighted by atomic mass is 10.1. The fourth-order valence-corrected chi connectivity index (χ4v) is 2.98. The number of rotatable bonds is 6. The van der Waals surface area contributed by atoms with Crippen molar-refractivity contribution < 1.29 is 14.1 Å². The van der Waals surface area contributed by atoms with Crippen LogP contribution in [-0.4, -0.2) is 23.0 Å². The van der Waals surface area contributed by atoms with Gasteiger partial charge in [0.2, 0.25) is 0 Å². The molecule has 0 radical (unpaired) electrons. The van der Waals surface area contributed by atoms with E-state index in [1.54, 1.807) is 24.1 Å². The molecule has 0 aliphatic carbocycles. The summed E-state index contributed by atoms with van der Waals surface area (Å²) >= 11 is 6.21. The summed E-state index contributed by atoms with van der Waals surface area (Å²) in [6.07, 6.45) is 0. The number of aromatic nitrogens is 1. The fourth-order valence-electron chi connectivity index (χ4n) is 2.79. The molecule has 0 spiro atoms. The second-order valence-electron chi connectivity index (χ2n) is 6.34. The highest BCUT2D eigenvalue weighted by atomic mass is 35.5. The number of halogens is 1. The number of nitrogens with zero attached hydrogens (tertiary/aromatic N) is 2. The predicted octanol–water partition coefficient (Wildman–Crippen LogP) is 4.80. The molecule has 0 aliphatic heterocycles. The fraction of sp³-hybridized carbons (Fsp3) is 0.238. The van der Waals surface area contributed by atoms with E-state index in [0.29, 0.717) is 35.2 Å². The van der Waals surface area contributed by atoms with Gasteiger partial charge in [0, 0.05) is 18.6 Å². The highest BCUT2D eigenvalue weighted by molar-refractivity contribution is 6.31. The van der Waals surface area contributed by atoms with E-state index in [9.17, 15) is 4.79 Å². The van der Waals surface area contributed by atoms with Crippen LogP contribution >= 0.6 is 11.6 Å². The molecule has 0 bridgehead atoms. The zero-order valence-corrected chi connectivity index (χ0v) is 16.3. The third-order valence-electron chi connectivity index (χ3n) is 4.38. The monoisotopic (exact) mass is 384 g/mol. The van der Waals surface area contributed by atoms with Crippen molar-refractivity contribution in [2.24, 2.45) is 0 Å². The van der Waals surface area contributed by atoms with Crippen LogP contribution in [0.3, 0.4) is 0 Å². The number of aryl methyl sites for hydroxylation is 2. The molecule has 3 aromatic rings.